The molecule has 0 aliphatic rings. The average molecular weight is 432 g/mol. The number of amides is 1. The lowest BCUT2D eigenvalue weighted by Gasteiger charge is -2.11. The molecule has 168 valence electrons. The number of hydrogen-bond donors (Lipinski definition) is 2. The number of pyridine rings is 1. The Bertz CT molecular complexity index is 1040. The van der Waals surface area contributed by atoms with Gasteiger partial charge in [-0.1, -0.05) is 24.3 Å². The van der Waals surface area contributed by atoms with E-state index in [2.05, 4.69) is 102 Å². The molecular formula is C27H35N4O+. The molecule has 3 rings (SSSR count). The van der Waals surface area contributed by atoms with Gasteiger partial charge in [0, 0.05) is 69.3 Å². The molecule has 0 aliphatic carbocycles. The Morgan fingerprint density at radius 3 is 2.50 bits per heavy atom. The highest BCUT2D eigenvalue weighted by atomic mass is 16.1. The number of nitrogens with two attached hydrogens (primary N) is 1. The first-order valence-electron chi connectivity index (χ1n) is 11.4. The van der Waals surface area contributed by atoms with Crippen LogP contribution in [-0.4, -0.2) is 33.1 Å². The summed E-state index contributed by atoms with van der Waals surface area (Å²) in [7, 11) is 4.10. The van der Waals surface area contributed by atoms with Crippen molar-refractivity contribution in [2.45, 2.75) is 32.2 Å². The van der Waals surface area contributed by atoms with Crippen LogP contribution in [0, 0.1) is 0 Å². The van der Waals surface area contributed by atoms with Crippen molar-refractivity contribution in [1.82, 2.24) is 5.32 Å². The molecule has 0 radical (unpaired) electrons. The smallest absolute Gasteiger partial charge is 0.220 e. The third kappa shape index (κ3) is 6.66. The van der Waals surface area contributed by atoms with Crippen LogP contribution in [0.15, 0.2) is 60.7 Å². The maximum atomic E-state index is 11.8. The van der Waals surface area contributed by atoms with Crippen molar-refractivity contribution in [2.75, 3.05) is 32.1 Å². The molecule has 32 heavy (non-hydrogen) atoms. The van der Waals surface area contributed by atoms with E-state index >= 15 is 0 Å². The fourth-order valence-corrected chi connectivity index (χ4v) is 3.77. The van der Waals surface area contributed by atoms with Gasteiger partial charge in [-0.3, -0.25) is 4.79 Å². The van der Waals surface area contributed by atoms with Gasteiger partial charge in [0.2, 0.25) is 17.1 Å². The minimum absolute atomic E-state index is 0.0946. The molecule has 0 aliphatic heterocycles. The zero-order valence-electron chi connectivity index (χ0n) is 19.3. The highest BCUT2D eigenvalue weighted by Crippen LogP contribution is 2.16. The fraction of sp³-hybridized carbons (Fsp3) is 0.333. The lowest BCUT2D eigenvalue weighted by molar-refractivity contribution is -0.673. The molecule has 5 heteroatoms. The Morgan fingerprint density at radius 2 is 1.75 bits per heavy atom. The Morgan fingerprint density at radius 1 is 0.969 bits per heavy atom. The first kappa shape index (κ1) is 23.5. The summed E-state index contributed by atoms with van der Waals surface area (Å²) in [6.45, 7) is 1.96. The van der Waals surface area contributed by atoms with E-state index in [0.717, 1.165) is 25.8 Å². The van der Waals surface area contributed by atoms with Gasteiger partial charge in [-0.05, 0) is 48.7 Å². The van der Waals surface area contributed by atoms with Crippen molar-refractivity contribution in [3.8, 4) is 0 Å². The molecule has 0 fully saturated rings. The second-order valence-corrected chi connectivity index (χ2v) is 8.24. The molecule has 0 atom stereocenters. The number of hydrogen-bond acceptors (Lipinski definition) is 3. The highest BCUT2D eigenvalue weighted by Gasteiger charge is 2.13. The van der Waals surface area contributed by atoms with E-state index in [1.54, 1.807) is 0 Å². The SMILES string of the molecule is CN(C)c1ccc(/C=C/c2ccc3ccccc3[n+]2CCCCCC(=O)NCCN)cc1. The van der Waals surface area contributed by atoms with Crippen LogP contribution in [0.3, 0.4) is 0 Å². The van der Waals surface area contributed by atoms with Gasteiger partial charge in [-0.25, -0.2) is 0 Å². The number of aryl methyl sites for hydroxylation is 1. The quantitative estimate of drug-likeness (QED) is 0.356. The second-order valence-electron chi connectivity index (χ2n) is 8.24. The van der Waals surface area contributed by atoms with Gasteiger partial charge >= 0.3 is 0 Å². The molecule has 1 aromatic heterocycles. The third-order valence-corrected chi connectivity index (χ3v) is 5.58. The number of carbonyl (C=O) groups is 1. The molecule has 0 saturated heterocycles. The number of nitrogens with zero attached hydrogens (tertiary/aromatic N) is 2. The van der Waals surface area contributed by atoms with E-state index in [9.17, 15) is 4.79 Å². The van der Waals surface area contributed by atoms with Crippen molar-refractivity contribution in [2.24, 2.45) is 5.73 Å². The lowest BCUT2D eigenvalue weighted by Crippen LogP contribution is -2.38. The van der Waals surface area contributed by atoms with E-state index in [0.29, 0.717) is 19.5 Å². The summed E-state index contributed by atoms with van der Waals surface area (Å²) in [5.74, 6) is 0.0946. The van der Waals surface area contributed by atoms with Crippen molar-refractivity contribution in [1.29, 1.82) is 0 Å². The minimum Gasteiger partial charge on any atom is -0.378 e. The van der Waals surface area contributed by atoms with Gasteiger partial charge in [0.15, 0.2) is 0 Å². The lowest BCUT2D eigenvalue weighted by atomic mass is 10.1. The van der Waals surface area contributed by atoms with Gasteiger partial charge in [-0.2, -0.15) is 4.57 Å². The molecule has 3 N–H and O–H groups in total. The Kier molecular flexibility index (Phi) is 8.81. The predicted molar refractivity (Wildman–Crippen MR) is 134 cm³/mol. The zero-order valence-corrected chi connectivity index (χ0v) is 19.3. The van der Waals surface area contributed by atoms with Crippen LogP contribution >= 0.6 is 0 Å². The first-order chi connectivity index (χ1) is 15.6. The van der Waals surface area contributed by atoms with Gasteiger partial charge in [-0.15, -0.1) is 0 Å². The normalized spacial score (nSPS) is 11.2. The number of unbranched alkanes of at least 4 members (excludes halogenated alkanes) is 2. The van der Waals surface area contributed by atoms with Crippen molar-refractivity contribution in [3.05, 3.63) is 71.9 Å². The summed E-state index contributed by atoms with van der Waals surface area (Å²) < 4.78 is 2.38. The van der Waals surface area contributed by atoms with Gasteiger partial charge in [0.1, 0.15) is 6.54 Å². The predicted octanol–water partition coefficient (Wildman–Crippen LogP) is 4.00. The zero-order chi connectivity index (χ0) is 22.8. The number of anilines is 1. The summed E-state index contributed by atoms with van der Waals surface area (Å²) in [5.41, 5.74) is 10.2. The molecule has 0 saturated carbocycles. The van der Waals surface area contributed by atoms with E-state index in [1.165, 1.54) is 27.8 Å². The summed E-state index contributed by atoms with van der Waals surface area (Å²) in [6, 6.07) is 21.4. The fourth-order valence-electron chi connectivity index (χ4n) is 3.77. The molecular weight excluding hydrogens is 396 g/mol. The molecule has 1 heterocycles. The van der Waals surface area contributed by atoms with Crippen LogP contribution in [0.25, 0.3) is 23.1 Å². The van der Waals surface area contributed by atoms with Gasteiger partial charge in [0.05, 0.1) is 0 Å². The molecule has 0 unspecified atom stereocenters. The summed E-state index contributed by atoms with van der Waals surface area (Å²) in [5, 5.41) is 4.07. The van der Waals surface area contributed by atoms with E-state index in [-0.39, 0.29) is 5.91 Å². The molecule has 3 aromatic rings. The molecule has 0 spiro atoms. The topological polar surface area (TPSA) is 62.2 Å². The van der Waals surface area contributed by atoms with Crippen LogP contribution in [-0.2, 0) is 11.3 Å². The van der Waals surface area contributed by atoms with E-state index in [1.807, 2.05) is 0 Å². The van der Waals surface area contributed by atoms with E-state index < -0.39 is 0 Å². The van der Waals surface area contributed by atoms with Crippen molar-refractivity contribution in [3.63, 3.8) is 0 Å². The second kappa shape index (κ2) is 12.0. The van der Waals surface area contributed by atoms with Gasteiger partial charge < -0.3 is 16.0 Å². The Hall–Kier alpha value is -3.18. The van der Waals surface area contributed by atoms with Crippen LogP contribution in [0.1, 0.15) is 36.9 Å². The number of rotatable bonds is 11. The third-order valence-electron chi connectivity index (χ3n) is 5.58. The van der Waals surface area contributed by atoms with Crippen LogP contribution in [0.2, 0.25) is 0 Å². The molecule has 0 bridgehead atoms. The van der Waals surface area contributed by atoms with Crippen LogP contribution < -0.4 is 20.5 Å². The number of para-hydroxylation sites is 1. The number of aromatic nitrogens is 1. The Labute approximate surface area is 191 Å². The maximum Gasteiger partial charge on any atom is 0.220 e. The number of benzene rings is 2. The number of carbonyl (C=O) groups excluding carboxylic acids is 1. The Balaban J connectivity index is 1.70. The van der Waals surface area contributed by atoms with Crippen molar-refractivity contribution >= 4 is 34.6 Å². The summed E-state index contributed by atoms with van der Waals surface area (Å²) in [4.78, 5) is 13.9. The first-order valence-corrected chi connectivity index (χ1v) is 11.4. The summed E-state index contributed by atoms with van der Waals surface area (Å²) >= 11 is 0. The van der Waals surface area contributed by atoms with Crippen molar-refractivity contribution < 1.29 is 9.36 Å². The maximum absolute atomic E-state index is 11.8. The monoisotopic (exact) mass is 431 g/mol. The molecule has 5 nitrogen and oxygen atoms in total. The highest BCUT2D eigenvalue weighted by molar-refractivity contribution is 5.77. The number of nitrogens with one attached hydrogen (secondary N) is 1. The standard InChI is InChI=1S/C27H34N4O/c1-30(2)24-15-11-22(12-16-24)13-17-25-18-14-23-8-5-6-9-26(23)31(25)21-7-3-4-10-27(32)29-20-19-28/h5-6,8-9,11-18H,3-4,7,10,19-21,28H2,1-2H3/p+1. The minimum atomic E-state index is 0.0946. The van der Waals surface area contributed by atoms with Gasteiger partial charge in [0.25, 0.3) is 0 Å². The molecule has 2 aromatic carbocycles. The number of fused-ring (bicyclic) bond motifs is 1. The van der Waals surface area contributed by atoms with Crippen LogP contribution in [0.5, 0.6) is 0 Å². The largest absolute Gasteiger partial charge is 0.378 e. The average Bonchev–Trinajstić information content (AvgIpc) is 2.81. The summed E-state index contributed by atoms with van der Waals surface area (Å²) in [6.07, 6.45) is 7.86. The van der Waals surface area contributed by atoms with E-state index in [4.69, 9.17) is 5.73 Å². The van der Waals surface area contributed by atoms with Crippen LogP contribution in [0.4, 0.5) is 5.69 Å². The molecule has 1 amide bonds.